The summed E-state index contributed by atoms with van der Waals surface area (Å²) in [6.07, 6.45) is 10.3. The lowest BCUT2D eigenvalue weighted by atomic mass is 9.52. The molecule has 0 aromatic heterocycles. The fraction of sp³-hybridized carbons (Fsp3) is 0.529. The van der Waals surface area contributed by atoms with Gasteiger partial charge in [0.25, 0.3) is 0 Å². The molecule has 6 rings (SSSR count). The summed E-state index contributed by atoms with van der Waals surface area (Å²) in [6.45, 7) is 11.9. The Morgan fingerprint density at radius 2 is 1.74 bits per heavy atom. The van der Waals surface area contributed by atoms with Gasteiger partial charge in [-0.2, -0.15) is 0 Å². The van der Waals surface area contributed by atoms with Crippen molar-refractivity contribution in [1.29, 1.82) is 0 Å². The summed E-state index contributed by atoms with van der Waals surface area (Å²) in [6, 6.07) is 12.7. The van der Waals surface area contributed by atoms with Crippen LogP contribution in [0.15, 0.2) is 101 Å². The number of ketones is 1. The molecule has 0 radical (unpaired) electrons. The standard InChI is InChI=1S/C51H69N3O7/c1-31(2)10-6-11-32(3)12-7-16-37(30-55)41-23-25-51(47(41)59)43-21-20-38(56)27-35-14-8-13-34(26-35)18-19-39(57)29-53-46-45-36(15-9-17-42(45)48(52)54-49(46)60)28-44(58)33(4)40(43)22-24-50(51,5)61/h7-10,12-17,26,38-39,41,43,46-48,53,55-57,59,61H,3,6,11,18-25,27-30,52H2,1-2,4-5H3,(H,54,60). The van der Waals surface area contributed by atoms with E-state index in [1.807, 2.05) is 61.5 Å². The summed E-state index contributed by atoms with van der Waals surface area (Å²) < 4.78 is 0. The maximum absolute atomic E-state index is 14.7. The van der Waals surface area contributed by atoms with Gasteiger partial charge in [0.05, 0.1) is 30.5 Å². The molecule has 2 saturated carbocycles. The van der Waals surface area contributed by atoms with Crippen molar-refractivity contribution in [3.63, 3.8) is 0 Å². The highest BCUT2D eigenvalue weighted by Crippen LogP contribution is 2.63. The van der Waals surface area contributed by atoms with E-state index >= 15 is 0 Å². The monoisotopic (exact) mass is 836 g/mol. The SMILES string of the molecule is C=C(C=CC=C(CO)C1CCC2(C3CCC(O)Cc4cccc(c4)CCC(O)CNC4C(=O)NC(N)c5cccc(c54)CC(=O)C(C)=C3CCC2(C)O)C1O)CCC=C(C)C. The van der Waals surface area contributed by atoms with Crippen LogP contribution in [0.5, 0.6) is 0 Å². The molecular formula is C51H69N3O7. The topological polar surface area (TPSA) is 185 Å². The first-order chi connectivity index (χ1) is 29.1. The number of aliphatic hydroxyl groups is 5. The number of β-amino-alcohol motifs (C(OH)–C–C–N with tert-alkyl or cyclic N) is 1. The van der Waals surface area contributed by atoms with Crippen LogP contribution >= 0.6 is 0 Å². The van der Waals surface area contributed by atoms with Crippen LogP contribution in [-0.4, -0.2) is 74.3 Å². The van der Waals surface area contributed by atoms with Crippen molar-refractivity contribution < 1.29 is 35.1 Å². The first kappa shape index (κ1) is 46.5. The third-order valence-electron chi connectivity index (χ3n) is 14.3. The first-order valence-electron chi connectivity index (χ1n) is 22.3. The second-order valence-electron chi connectivity index (χ2n) is 18.6. The van der Waals surface area contributed by atoms with Crippen molar-refractivity contribution >= 4 is 11.7 Å². The van der Waals surface area contributed by atoms with Crippen molar-refractivity contribution in [2.75, 3.05) is 13.2 Å². The average Bonchev–Trinajstić information content (AvgIpc) is 3.55. The summed E-state index contributed by atoms with van der Waals surface area (Å²) in [5, 5.41) is 64.7. The van der Waals surface area contributed by atoms with Crippen molar-refractivity contribution in [3.05, 3.63) is 129 Å². The molecule has 10 nitrogen and oxygen atoms in total. The maximum atomic E-state index is 14.7. The molecule has 2 fully saturated rings. The van der Waals surface area contributed by atoms with E-state index in [0.717, 1.165) is 35.1 Å². The fourth-order valence-corrected chi connectivity index (χ4v) is 10.9. The lowest BCUT2D eigenvalue weighted by Gasteiger charge is -2.56. The van der Waals surface area contributed by atoms with E-state index < -0.39 is 53.4 Å². The summed E-state index contributed by atoms with van der Waals surface area (Å²) in [5.41, 5.74) is 12.4. The lowest BCUT2D eigenvalue weighted by Crippen LogP contribution is -2.59. The van der Waals surface area contributed by atoms with Crippen LogP contribution in [0, 0.1) is 17.3 Å². The minimum Gasteiger partial charge on any atom is -0.393 e. The number of Topliss-reactive ketones (excluding diaryl/α,β-unsaturated/α-hetero) is 1. The summed E-state index contributed by atoms with van der Waals surface area (Å²) >= 11 is 0. The van der Waals surface area contributed by atoms with E-state index in [1.54, 1.807) is 6.92 Å². The molecule has 9 unspecified atom stereocenters. The molecule has 2 aliphatic carbocycles. The van der Waals surface area contributed by atoms with Crippen LogP contribution in [0.25, 0.3) is 0 Å². The number of aryl methyl sites for hydroxylation is 1. The normalized spacial score (nSPS) is 31.7. The smallest absolute Gasteiger partial charge is 0.243 e. The molecule has 9 atom stereocenters. The van der Waals surface area contributed by atoms with E-state index in [9.17, 15) is 35.1 Å². The number of fused-ring (bicyclic) bond motifs is 4. The molecule has 2 aliphatic heterocycles. The van der Waals surface area contributed by atoms with Crippen molar-refractivity contribution in [2.45, 2.75) is 141 Å². The first-order valence-corrected chi connectivity index (χ1v) is 22.3. The zero-order valence-electron chi connectivity index (χ0n) is 36.6. The number of nitrogens with two attached hydrogens (primary N) is 1. The number of hydrogen-bond acceptors (Lipinski definition) is 9. The van der Waals surface area contributed by atoms with Gasteiger partial charge in [-0.05, 0) is 143 Å². The van der Waals surface area contributed by atoms with Gasteiger partial charge in [-0.25, -0.2) is 0 Å². The van der Waals surface area contributed by atoms with Crippen molar-refractivity contribution in [2.24, 2.45) is 23.0 Å². The van der Waals surface area contributed by atoms with Crippen LogP contribution in [0.4, 0.5) is 0 Å². The van der Waals surface area contributed by atoms with E-state index in [-0.39, 0.29) is 31.3 Å². The molecule has 1 spiro atoms. The lowest BCUT2D eigenvalue weighted by molar-refractivity contribution is -0.168. The summed E-state index contributed by atoms with van der Waals surface area (Å²) in [5.74, 6) is -1.34. The van der Waals surface area contributed by atoms with Crippen LogP contribution < -0.4 is 16.4 Å². The minimum absolute atomic E-state index is 0.00116. The number of nitrogens with one attached hydrogen (secondary N) is 2. The Morgan fingerprint density at radius 1 is 0.984 bits per heavy atom. The molecule has 9 N–H and O–H groups in total. The Morgan fingerprint density at radius 3 is 2.49 bits per heavy atom. The minimum atomic E-state index is -1.31. The van der Waals surface area contributed by atoms with Gasteiger partial charge in [0.1, 0.15) is 12.2 Å². The second-order valence-corrected chi connectivity index (χ2v) is 18.6. The number of allylic oxidation sites excluding steroid dienone is 8. The summed E-state index contributed by atoms with van der Waals surface area (Å²) in [7, 11) is 0. The predicted octanol–water partition coefficient (Wildman–Crippen LogP) is 6.22. The Kier molecular flexibility index (Phi) is 15.3. The number of amides is 1. The Hall–Kier alpha value is -4.00. The zero-order valence-corrected chi connectivity index (χ0v) is 36.6. The van der Waals surface area contributed by atoms with Crippen molar-refractivity contribution in [3.8, 4) is 0 Å². The number of aliphatic hydroxyl groups excluding tert-OH is 4. The number of carbonyl (C=O) groups is 2. The highest BCUT2D eigenvalue weighted by Gasteiger charge is 2.64. The fourth-order valence-electron chi connectivity index (χ4n) is 10.9. The van der Waals surface area contributed by atoms with Gasteiger partial charge in [-0.15, -0.1) is 0 Å². The van der Waals surface area contributed by atoms with Crippen LogP contribution in [-0.2, 0) is 28.9 Å². The van der Waals surface area contributed by atoms with Gasteiger partial charge in [-0.3, -0.25) is 14.9 Å². The highest BCUT2D eigenvalue weighted by atomic mass is 16.3. The van der Waals surface area contributed by atoms with Gasteiger partial charge in [0, 0.05) is 24.3 Å². The third kappa shape index (κ3) is 10.3. The number of rotatable bonds is 7. The molecule has 1 amide bonds. The molecule has 2 heterocycles. The van der Waals surface area contributed by atoms with E-state index in [2.05, 4.69) is 43.2 Å². The van der Waals surface area contributed by atoms with Crippen LogP contribution in [0.3, 0.4) is 0 Å². The molecule has 2 bridgehead atoms. The highest BCUT2D eigenvalue weighted by molar-refractivity contribution is 5.98. The predicted molar refractivity (Wildman–Crippen MR) is 240 cm³/mol. The Balaban J connectivity index is 1.40. The van der Waals surface area contributed by atoms with Crippen LogP contribution in [0.2, 0.25) is 0 Å². The van der Waals surface area contributed by atoms with Gasteiger partial charge in [0.15, 0.2) is 5.78 Å². The average molecular weight is 836 g/mol. The number of hydrogen-bond donors (Lipinski definition) is 8. The van der Waals surface area contributed by atoms with Crippen LogP contribution in [0.1, 0.15) is 126 Å². The van der Waals surface area contributed by atoms with E-state index in [4.69, 9.17) is 5.73 Å². The number of carbonyl (C=O) groups excluding carboxylic acids is 2. The van der Waals surface area contributed by atoms with Gasteiger partial charge in [-0.1, -0.05) is 90.1 Å². The summed E-state index contributed by atoms with van der Waals surface area (Å²) in [4.78, 5) is 28.2. The van der Waals surface area contributed by atoms with E-state index in [1.165, 1.54) is 5.57 Å². The molecule has 2 aromatic rings. The second kappa shape index (κ2) is 20.0. The molecule has 10 heteroatoms. The quantitative estimate of drug-likeness (QED) is 0.119. The molecule has 61 heavy (non-hydrogen) atoms. The van der Waals surface area contributed by atoms with Gasteiger partial charge < -0.3 is 36.6 Å². The Bertz CT molecular complexity index is 2060. The largest absolute Gasteiger partial charge is 0.393 e. The van der Waals surface area contributed by atoms with Crippen molar-refractivity contribution in [1.82, 2.24) is 10.6 Å². The Labute approximate surface area is 362 Å². The maximum Gasteiger partial charge on any atom is 0.243 e. The van der Waals surface area contributed by atoms with Gasteiger partial charge >= 0.3 is 0 Å². The molecule has 4 aliphatic rings. The van der Waals surface area contributed by atoms with E-state index in [0.29, 0.717) is 85.6 Å². The molecular weight excluding hydrogens is 767 g/mol. The van der Waals surface area contributed by atoms with Gasteiger partial charge in [0.2, 0.25) is 5.91 Å². The molecule has 2 aromatic carbocycles. The molecule has 0 saturated heterocycles. The molecule has 330 valence electrons. The third-order valence-corrected chi connectivity index (χ3v) is 14.3. The number of benzene rings is 2. The zero-order chi connectivity index (χ0) is 44.1.